The van der Waals surface area contributed by atoms with Crippen LogP contribution in [0.25, 0.3) is 0 Å². The van der Waals surface area contributed by atoms with E-state index in [0.717, 1.165) is 5.56 Å². The molecule has 1 rings (SSSR count). The minimum Gasteiger partial charge on any atom is -0.410 e. The predicted molar refractivity (Wildman–Crippen MR) is 82.1 cm³/mol. The van der Waals surface area contributed by atoms with E-state index in [0.29, 0.717) is 18.8 Å². The number of amides is 1. The lowest BCUT2D eigenvalue weighted by Crippen LogP contribution is -2.35. The lowest BCUT2D eigenvalue weighted by atomic mass is 9.93. The van der Waals surface area contributed by atoms with Crippen LogP contribution in [0.2, 0.25) is 0 Å². The Balaban J connectivity index is 2.92. The van der Waals surface area contributed by atoms with Gasteiger partial charge in [-0.15, -0.1) is 0 Å². The number of hydrogen-bond acceptors (Lipinski definition) is 3. The van der Waals surface area contributed by atoms with Gasteiger partial charge in [-0.3, -0.25) is 0 Å². The first-order chi connectivity index (χ1) is 9.32. The van der Waals surface area contributed by atoms with Crippen molar-refractivity contribution in [1.82, 2.24) is 9.80 Å². The van der Waals surface area contributed by atoms with Crippen LogP contribution in [0.5, 0.6) is 5.75 Å². The molecule has 1 aromatic rings. The van der Waals surface area contributed by atoms with Gasteiger partial charge in [0.05, 0.1) is 0 Å². The van der Waals surface area contributed by atoms with Gasteiger partial charge < -0.3 is 14.5 Å². The number of hydrogen-bond donors (Lipinski definition) is 0. The van der Waals surface area contributed by atoms with Crippen LogP contribution in [0, 0.1) is 0 Å². The first kappa shape index (κ1) is 16.5. The predicted octanol–water partition coefficient (Wildman–Crippen LogP) is 3.32. The Labute approximate surface area is 122 Å². The Morgan fingerprint density at radius 2 is 1.80 bits per heavy atom. The van der Waals surface area contributed by atoms with Crippen LogP contribution in [-0.2, 0) is 5.54 Å². The fourth-order valence-electron chi connectivity index (χ4n) is 1.85. The molecule has 0 saturated carbocycles. The van der Waals surface area contributed by atoms with Crippen LogP contribution >= 0.6 is 0 Å². The fourth-order valence-corrected chi connectivity index (χ4v) is 1.85. The number of benzene rings is 1. The van der Waals surface area contributed by atoms with Crippen molar-refractivity contribution in [3.8, 4) is 5.75 Å². The minimum absolute atomic E-state index is 0.113. The molecule has 0 N–H and O–H groups in total. The Hall–Kier alpha value is -1.55. The lowest BCUT2D eigenvalue weighted by Gasteiger charge is -2.33. The highest BCUT2D eigenvalue weighted by Crippen LogP contribution is 2.28. The van der Waals surface area contributed by atoms with Crippen LogP contribution in [0.1, 0.15) is 33.3 Å². The van der Waals surface area contributed by atoms with Gasteiger partial charge in [0.15, 0.2) is 0 Å². The monoisotopic (exact) mass is 278 g/mol. The summed E-state index contributed by atoms with van der Waals surface area (Å²) < 4.78 is 5.44. The third kappa shape index (κ3) is 3.73. The van der Waals surface area contributed by atoms with E-state index in [-0.39, 0.29) is 11.6 Å². The third-order valence-corrected chi connectivity index (χ3v) is 3.89. The van der Waals surface area contributed by atoms with Gasteiger partial charge in [-0.2, -0.15) is 0 Å². The van der Waals surface area contributed by atoms with Gasteiger partial charge in [0, 0.05) is 18.6 Å². The van der Waals surface area contributed by atoms with Crippen LogP contribution in [-0.4, -0.2) is 43.1 Å². The summed E-state index contributed by atoms with van der Waals surface area (Å²) in [6.45, 7) is 9.46. The molecule has 0 fully saturated rings. The van der Waals surface area contributed by atoms with Gasteiger partial charge in [0.2, 0.25) is 0 Å². The summed E-state index contributed by atoms with van der Waals surface area (Å²) in [5.41, 5.74) is 1.00. The van der Waals surface area contributed by atoms with Crippen molar-refractivity contribution in [2.75, 3.05) is 27.2 Å². The van der Waals surface area contributed by atoms with Crippen molar-refractivity contribution in [3.05, 3.63) is 29.8 Å². The number of carbonyl (C=O) groups excluding carboxylic acids is 1. The maximum atomic E-state index is 12.0. The molecule has 0 aliphatic rings. The molecule has 0 radical (unpaired) electrons. The molecule has 0 spiro atoms. The van der Waals surface area contributed by atoms with Gasteiger partial charge in [0.25, 0.3) is 0 Å². The fraction of sp³-hybridized carbons (Fsp3) is 0.562. The second-order valence-corrected chi connectivity index (χ2v) is 5.52. The van der Waals surface area contributed by atoms with E-state index in [2.05, 4.69) is 24.8 Å². The molecule has 112 valence electrons. The maximum absolute atomic E-state index is 12.0. The molecule has 0 saturated heterocycles. The molecule has 0 atom stereocenters. The van der Waals surface area contributed by atoms with E-state index in [1.165, 1.54) is 0 Å². The first-order valence-electron chi connectivity index (χ1n) is 7.07. The third-order valence-electron chi connectivity index (χ3n) is 3.89. The average Bonchev–Trinajstić information content (AvgIpc) is 2.40. The standard InChI is InChI=1S/C16H26N2O2/c1-7-18(8-2)15(19)20-14-11-9-10-13(12-14)16(3,4)17(5)6/h9-12H,7-8H2,1-6H3. The van der Waals surface area contributed by atoms with Crippen LogP contribution in [0.3, 0.4) is 0 Å². The molecule has 20 heavy (non-hydrogen) atoms. The van der Waals surface area contributed by atoms with Gasteiger partial charge in [-0.05, 0) is 59.5 Å². The molecular weight excluding hydrogens is 252 g/mol. The van der Waals surface area contributed by atoms with Gasteiger partial charge >= 0.3 is 6.09 Å². The zero-order chi connectivity index (χ0) is 15.3. The summed E-state index contributed by atoms with van der Waals surface area (Å²) in [4.78, 5) is 15.8. The molecule has 1 aromatic carbocycles. The summed E-state index contributed by atoms with van der Waals surface area (Å²) in [5, 5.41) is 0. The van der Waals surface area contributed by atoms with Crippen LogP contribution in [0.15, 0.2) is 24.3 Å². The Kier molecular flexibility index (Phi) is 5.57. The second kappa shape index (κ2) is 6.75. The Morgan fingerprint density at radius 3 is 2.30 bits per heavy atom. The Bertz CT molecular complexity index is 452. The second-order valence-electron chi connectivity index (χ2n) is 5.52. The molecule has 0 aliphatic heterocycles. The van der Waals surface area contributed by atoms with E-state index >= 15 is 0 Å². The topological polar surface area (TPSA) is 32.8 Å². The van der Waals surface area contributed by atoms with Crippen molar-refractivity contribution < 1.29 is 9.53 Å². The summed E-state index contributed by atoms with van der Waals surface area (Å²) in [5.74, 6) is 0.592. The van der Waals surface area contributed by atoms with Crippen LogP contribution < -0.4 is 4.74 Å². The number of nitrogens with zero attached hydrogens (tertiary/aromatic N) is 2. The number of ether oxygens (including phenoxy) is 1. The lowest BCUT2D eigenvalue weighted by molar-refractivity contribution is 0.156. The number of rotatable bonds is 5. The highest BCUT2D eigenvalue weighted by atomic mass is 16.6. The highest BCUT2D eigenvalue weighted by molar-refractivity contribution is 5.70. The van der Waals surface area contributed by atoms with E-state index < -0.39 is 0 Å². The molecule has 0 bridgehead atoms. The minimum atomic E-state index is -0.296. The molecule has 4 heteroatoms. The molecule has 0 unspecified atom stereocenters. The van der Waals surface area contributed by atoms with E-state index in [4.69, 9.17) is 4.74 Å². The molecule has 1 amide bonds. The molecule has 0 aliphatic carbocycles. The van der Waals surface area contributed by atoms with Crippen molar-refractivity contribution in [3.63, 3.8) is 0 Å². The summed E-state index contributed by atoms with van der Waals surface area (Å²) in [6, 6.07) is 7.72. The zero-order valence-electron chi connectivity index (χ0n) is 13.4. The summed E-state index contributed by atoms with van der Waals surface area (Å²) >= 11 is 0. The van der Waals surface area contributed by atoms with E-state index in [9.17, 15) is 4.79 Å². The van der Waals surface area contributed by atoms with Crippen molar-refractivity contribution in [2.45, 2.75) is 33.2 Å². The van der Waals surface area contributed by atoms with Crippen molar-refractivity contribution in [2.24, 2.45) is 0 Å². The normalized spacial score (nSPS) is 11.6. The first-order valence-corrected chi connectivity index (χ1v) is 7.07. The van der Waals surface area contributed by atoms with Gasteiger partial charge in [-0.1, -0.05) is 12.1 Å². The van der Waals surface area contributed by atoms with E-state index in [1.54, 1.807) is 4.90 Å². The van der Waals surface area contributed by atoms with Crippen LogP contribution in [0.4, 0.5) is 4.79 Å². The number of carbonyl (C=O) groups is 1. The smallest absolute Gasteiger partial charge is 0.410 e. The highest BCUT2D eigenvalue weighted by Gasteiger charge is 2.23. The maximum Gasteiger partial charge on any atom is 0.415 e. The molecule has 4 nitrogen and oxygen atoms in total. The van der Waals surface area contributed by atoms with Gasteiger partial charge in [-0.25, -0.2) is 4.79 Å². The molecular formula is C16H26N2O2. The van der Waals surface area contributed by atoms with Crippen molar-refractivity contribution >= 4 is 6.09 Å². The largest absolute Gasteiger partial charge is 0.415 e. The average molecular weight is 278 g/mol. The SMILES string of the molecule is CCN(CC)C(=O)Oc1cccc(C(C)(C)N(C)C)c1. The van der Waals surface area contributed by atoms with Crippen molar-refractivity contribution in [1.29, 1.82) is 0 Å². The molecule has 0 heterocycles. The quantitative estimate of drug-likeness (QED) is 0.828. The Morgan fingerprint density at radius 1 is 1.20 bits per heavy atom. The van der Waals surface area contributed by atoms with E-state index in [1.807, 2.05) is 46.1 Å². The molecule has 0 aromatic heterocycles. The summed E-state index contributed by atoms with van der Waals surface area (Å²) in [6.07, 6.45) is -0.296. The zero-order valence-corrected chi connectivity index (χ0v) is 13.4. The summed E-state index contributed by atoms with van der Waals surface area (Å²) in [7, 11) is 4.07. The van der Waals surface area contributed by atoms with Gasteiger partial charge in [0.1, 0.15) is 5.75 Å².